The van der Waals surface area contributed by atoms with E-state index in [4.69, 9.17) is 5.11 Å². The molecule has 4 nitrogen and oxygen atoms in total. The highest BCUT2D eigenvalue weighted by atomic mass is 79.9. The van der Waals surface area contributed by atoms with Crippen LogP contribution in [0.2, 0.25) is 0 Å². The van der Waals surface area contributed by atoms with E-state index >= 15 is 0 Å². The van der Waals surface area contributed by atoms with Crippen LogP contribution >= 0.6 is 15.9 Å². The zero-order chi connectivity index (χ0) is 9.84. The Labute approximate surface area is 84.7 Å². The van der Waals surface area contributed by atoms with Gasteiger partial charge in [0.25, 0.3) is 0 Å². The van der Waals surface area contributed by atoms with Crippen LogP contribution in [0.15, 0.2) is 0 Å². The molecule has 0 aliphatic carbocycles. The van der Waals surface area contributed by atoms with Crippen molar-refractivity contribution in [1.82, 2.24) is 4.90 Å². The van der Waals surface area contributed by atoms with E-state index in [9.17, 15) is 9.90 Å². The van der Waals surface area contributed by atoms with Crippen molar-refractivity contribution in [2.45, 2.75) is 25.1 Å². The van der Waals surface area contributed by atoms with Gasteiger partial charge in [-0.15, -0.1) is 0 Å². The van der Waals surface area contributed by atoms with Crippen molar-refractivity contribution < 1.29 is 15.0 Å². The number of likely N-dealkylation sites (tertiary alicyclic amines) is 1. The Kier molecular flexibility index (Phi) is 3.72. The molecule has 2 atom stereocenters. The second kappa shape index (κ2) is 4.61. The molecule has 0 amide bonds. The summed E-state index contributed by atoms with van der Waals surface area (Å²) < 4.78 is 0. The highest BCUT2D eigenvalue weighted by Gasteiger charge is 2.36. The topological polar surface area (TPSA) is 60.8 Å². The average molecular weight is 248 g/mol. The standard InChI is InChI=1S/C8H10BrNO3/c9-4-1-5-10-6(8(12)13)2-3-7(10)11/h6-7,11H,2-3,5H2,(H,12,13). The number of nitrogens with zero attached hydrogens (tertiary/aromatic N) is 1. The number of hydrogen-bond donors (Lipinski definition) is 2. The van der Waals surface area contributed by atoms with Crippen LogP contribution in [0.1, 0.15) is 12.8 Å². The van der Waals surface area contributed by atoms with Crippen molar-refractivity contribution in [2.75, 3.05) is 6.54 Å². The Hall–Kier alpha value is -0.570. The summed E-state index contributed by atoms with van der Waals surface area (Å²) in [4.78, 5) is 14.7. The number of carboxylic acid groups (broad SMARTS) is 1. The van der Waals surface area contributed by atoms with Crippen molar-refractivity contribution >= 4 is 21.9 Å². The zero-order valence-electron chi connectivity index (χ0n) is 6.90. The largest absolute Gasteiger partial charge is 0.480 e. The monoisotopic (exact) mass is 247 g/mol. The van der Waals surface area contributed by atoms with E-state index in [1.165, 1.54) is 4.90 Å². The lowest BCUT2D eigenvalue weighted by atomic mass is 10.2. The molecule has 0 aromatic rings. The summed E-state index contributed by atoms with van der Waals surface area (Å²) in [6.07, 6.45) is 0.316. The van der Waals surface area contributed by atoms with Gasteiger partial charge in [0.1, 0.15) is 12.3 Å². The Bertz CT molecular complexity index is 258. The Morgan fingerprint density at radius 1 is 1.62 bits per heavy atom. The fraction of sp³-hybridized carbons (Fsp3) is 0.625. The van der Waals surface area contributed by atoms with Gasteiger partial charge in [-0.05, 0) is 17.7 Å². The molecule has 5 heteroatoms. The van der Waals surface area contributed by atoms with E-state index in [0.29, 0.717) is 12.8 Å². The summed E-state index contributed by atoms with van der Waals surface area (Å²) in [5.41, 5.74) is 0. The molecule has 13 heavy (non-hydrogen) atoms. The number of aliphatic hydroxyl groups excluding tert-OH is 1. The highest BCUT2D eigenvalue weighted by Crippen LogP contribution is 2.21. The van der Waals surface area contributed by atoms with Gasteiger partial charge in [-0.3, -0.25) is 9.69 Å². The van der Waals surface area contributed by atoms with Gasteiger partial charge in [-0.1, -0.05) is 5.92 Å². The van der Waals surface area contributed by atoms with Gasteiger partial charge in [0, 0.05) is 15.9 Å². The molecule has 1 heterocycles. The Morgan fingerprint density at radius 3 is 2.85 bits per heavy atom. The molecule has 1 aliphatic rings. The number of carboxylic acids is 1. The molecular weight excluding hydrogens is 238 g/mol. The molecule has 0 bridgehead atoms. The molecule has 1 fully saturated rings. The van der Waals surface area contributed by atoms with Gasteiger partial charge in [0.05, 0.1) is 6.54 Å². The molecule has 0 spiro atoms. The predicted molar refractivity (Wildman–Crippen MR) is 50.1 cm³/mol. The number of hydrogen-bond acceptors (Lipinski definition) is 3. The van der Waals surface area contributed by atoms with E-state index in [-0.39, 0.29) is 6.54 Å². The van der Waals surface area contributed by atoms with Gasteiger partial charge in [-0.2, -0.15) is 0 Å². The van der Waals surface area contributed by atoms with Crippen LogP contribution in [0.25, 0.3) is 0 Å². The quantitative estimate of drug-likeness (QED) is 0.686. The van der Waals surface area contributed by atoms with Crippen LogP contribution in [0.5, 0.6) is 0 Å². The molecule has 2 unspecified atom stereocenters. The third-order valence-corrected chi connectivity index (χ3v) is 2.38. The van der Waals surface area contributed by atoms with Gasteiger partial charge >= 0.3 is 5.97 Å². The lowest BCUT2D eigenvalue weighted by molar-refractivity contribution is -0.144. The smallest absolute Gasteiger partial charge is 0.321 e. The maximum absolute atomic E-state index is 10.7. The maximum atomic E-state index is 10.7. The molecule has 2 N–H and O–H groups in total. The van der Waals surface area contributed by atoms with Crippen LogP contribution in [-0.4, -0.2) is 39.9 Å². The van der Waals surface area contributed by atoms with Gasteiger partial charge in [0.2, 0.25) is 0 Å². The molecule has 0 aromatic heterocycles. The van der Waals surface area contributed by atoms with Crippen LogP contribution < -0.4 is 0 Å². The summed E-state index contributed by atoms with van der Waals surface area (Å²) >= 11 is 2.92. The average Bonchev–Trinajstić information content (AvgIpc) is 2.43. The van der Waals surface area contributed by atoms with Gasteiger partial charge in [-0.25, -0.2) is 0 Å². The number of halogens is 1. The SMILES string of the molecule is O=C(O)C1CCC(O)N1CC#CBr. The van der Waals surface area contributed by atoms with Crippen molar-refractivity contribution in [3.8, 4) is 10.8 Å². The van der Waals surface area contributed by atoms with E-state index in [0.717, 1.165) is 0 Å². The van der Waals surface area contributed by atoms with Crippen LogP contribution in [-0.2, 0) is 4.79 Å². The normalized spacial score (nSPS) is 28.2. The molecule has 0 radical (unpaired) electrons. The Morgan fingerprint density at radius 2 is 2.31 bits per heavy atom. The van der Waals surface area contributed by atoms with Crippen molar-refractivity contribution in [3.63, 3.8) is 0 Å². The molecule has 0 aromatic carbocycles. The second-order valence-electron chi connectivity index (χ2n) is 2.86. The number of aliphatic hydroxyl groups is 1. The minimum atomic E-state index is -0.895. The van der Waals surface area contributed by atoms with E-state index in [1.807, 2.05) is 0 Å². The Balaban J connectivity index is 2.63. The first-order valence-electron chi connectivity index (χ1n) is 3.92. The molecule has 1 aliphatic heterocycles. The lowest BCUT2D eigenvalue weighted by Gasteiger charge is -2.21. The van der Waals surface area contributed by atoms with Crippen LogP contribution in [0, 0.1) is 10.8 Å². The van der Waals surface area contributed by atoms with Gasteiger partial charge in [0.15, 0.2) is 0 Å². The molecule has 0 saturated carbocycles. The zero-order valence-corrected chi connectivity index (χ0v) is 8.49. The van der Waals surface area contributed by atoms with E-state index < -0.39 is 18.2 Å². The molecular formula is C8H10BrNO3. The fourth-order valence-corrected chi connectivity index (χ4v) is 1.57. The van der Waals surface area contributed by atoms with Crippen LogP contribution in [0.4, 0.5) is 0 Å². The predicted octanol–water partition coefficient (Wildman–Crippen LogP) is 0.210. The number of carbonyl (C=O) groups is 1. The first-order chi connectivity index (χ1) is 6.16. The summed E-state index contributed by atoms with van der Waals surface area (Å²) in [6, 6.07) is -0.594. The molecule has 1 rings (SSSR count). The van der Waals surface area contributed by atoms with Crippen molar-refractivity contribution in [3.05, 3.63) is 0 Å². The third kappa shape index (κ3) is 2.44. The fourth-order valence-electron chi connectivity index (χ4n) is 1.45. The van der Waals surface area contributed by atoms with Crippen molar-refractivity contribution in [1.29, 1.82) is 0 Å². The number of rotatable bonds is 2. The van der Waals surface area contributed by atoms with E-state index in [1.54, 1.807) is 0 Å². The summed E-state index contributed by atoms with van der Waals surface area (Å²) in [6.45, 7) is 0.281. The van der Waals surface area contributed by atoms with Crippen molar-refractivity contribution in [2.24, 2.45) is 0 Å². The highest BCUT2D eigenvalue weighted by molar-refractivity contribution is 9.12. The first-order valence-corrected chi connectivity index (χ1v) is 4.71. The summed E-state index contributed by atoms with van der Waals surface area (Å²) in [5.74, 6) is 1.78. The summed E-state index contributed by atoms with van der Waals surface area (Å²) in [7, 11) is 0. The second-order valence-corrected chi connectivity index (χ2v) is 3.25. The maximum Gasteiger partial charge on any atom is 0.321 e. The minimum absolute atomic E-state index is 0.281. The van der Waals surface area contributed by atoms with E-state index in [2.05, 4.69) is 26.7 Å². The number of aliphatic carboxylic acids is 1. The third-order valence-electron chi connectivity index (χ3n) is 2.09. The minimum Gasteiger partial charge on any atom is -0.480 e. The van der Waals surface area contributed by atoms with Gasteiger partial charge < -0.3 is 10.2 Å². The van der Waals surface area contributed by atoms with Crippen LogP contribution in [0.3, 0.4) is 0 Å². The first kappa shape index (κ1) is 10.5. The molecule has 72 valence electrons. The lowest BCUT2D eigenvalue weighted by Crippen LogP contribution is -2.40. The summed E-state index contributed by atoms with van der Waals surface area (Å²) in [5, 5.41) is 18.2. The molecule has 1 saturated heterocycles.